The molecule has 1 saturated carbocycles. The molecular formula is C11H13BrN2O3S. The van der Waals surface area contributed by atoms with Gasteiger partial charge in [0, 0.05) is 16.9 Å². The van der Waals surface area contributed by atoms with Crippen LogP contribution in [-0.2, 0) is 0 Å². The van der Waals surface area contributed by atoms with Gasteiger partial charge in [0.1, 0.15) is 0 Å². The van der Waals surface area contributed by atoms with Gasteiger partial charge in [0.2, 0.25) is 0 Å². The number of nitrogens with one attached hydrogen (secondary N) is 1. The van der Waals surface area contributed by atoms with Crippen molar-refractivity contribution in [2.45, 2.75) is 36.6 Å². The molecule has 2 unspecified atom stereocenters. The van der Waals surface area contributed by atoms with E-state index in [1.54, 1.807) is 0 Å². The number of carbonyl (C=O) groups excluding carboxylic acids is 1. The monoisotopic (exact) mass is 332 g/mol. The minimum atomic E-state index is -0.477. The van der Waals surface area contributed by atoms with Gasteiger partial charge in [-0.3, -0.25) is 14.9 Å². The maximum Gasteiger partial charge on any atom is 0.324 e. The zero-order valence-corrected chi connectivity index (χ0v) is 12.0. The van der Waals surface area contributed by atoms with Crippen LogP contribution in [0.15, 0.2) is 12.1 Å². The third kappa shape index (κ3) is 3.08. The number of alkyl halides is 1. The summed E-state index contributed by atoms with van der Waals surface area (Å²) < 4.78 is 0. The van der Waals surface area contributed by atoms with Crippen molar-refractivity contribution in [1.29, 1.82) is 0 Å². The summed E-state index contributed by atoms with van der Waals surface area (Å²) in [7, 11) is 0. The Kier molecular flexibility index (Phi) is 4.34. The van der Waals surface area contributed by atoms with Gasteiger partial charge in [0.15, 0.2) is 0 Å². The van der Waals surface area contributed by atoms with Gasteiger partial charge in [-0.2, -0.15) is 0 Å². The van der Waals surface area contributed by atoms with E-state index in [4.69, 9.17) is 0 Å². The molecular weight excluding hydrogens is 320 g/mol. The fraction of sp³-hybridized carbons (Fsp3) is 0.545. The number of rotatable bonds is 3. The Hall–Kier alpha value is -0.950. The average molecular weight is 333 g/mol. The molecule has 2 rings (SSSR count). The zero-order chi connectivity index (χ0) is 13.1. The standard InChI is InChI=1S/C11H13BrN2O3S/c12-7-3-1-2-4-8(7)13-11(15)9-5-6-10(18-9)14(16)17/h5-8H,1-4H2,(H,13,15). The second-order valence-electron chi connectivity index (χ2n) is 4.28. The van der Waals surface area contributed by atoms with Crippen LogP contribution in [0.2, 0.25) is 0 Å². The van der Waals surface area contributed by atoms with E-state index < -0.39 is 4.92 Å². The lowest BCUT2D eigenvalue weighted by atomic mass is 9.95. The summed E-state index contributed by atoms with van der Waals surface area (Å²) in [6, 6.07) is 2.99. The topological polar surface area (TPSA) is 72.2 Å². The van der Waals surface area contributed by atoms with E-state index in [2.05, 4.69) is 21.2 Å². The molecule has 1 aromatic rings. The largest absolute Gasteiger partial charge is 0.347 e. The summed E-state index contributed by atoms with van der Waals surface area (Å²) in [6.45, 7) is 0. The first-order valence-electron chi connectivity index (χ1n) is 5.77. The lowest BCUT2D eigenvalue weighted by Gasteiger charge is -2.27. The molecule has 98 valence electrons. The Labute approximate surface area is 117 Å². The smallest absolute Gasteiger partial charge is 0.324 e. The van der Waals surface area contributed by atoms with Crippen molar-refractivity contribution >= 4 is 38.2 Å². The predicted molar refractivity (Wildman–Crippen MR) is 73.4 cm³/mol. The van der Waals surface area contributed by atoms with Crippen LogP contribution in [0, 0.1) is 10.1 Å². The Bertz CT molecular complexity index is 463. The molecule has 1 N–H and O–H groups in total. The highest BCUT2D eigenvalue weighted by molar-refractivity contribution is 9.09. The molecule has 0 saturated heterocycles. The van der Waals surface area contributed by atoms with Crippen molar-refractivity contribution in [2.24, 2.45) is 0 Å². The summed E-state index contributed by atoms with van der Waals surface area (Å²) in [4.78, 5) is 22.7. The number of nitro groups is 1. The molecule has 7 heteroatoms. The quantitative estimate of drug-likeness (QED) is 0.525. The van der Waals surface area contributed by atoms with Gasteiger partial charge in [-0.1, -0.05) is 40.1 Å². The van der Waals surface area contributed by atoms with Gasteiger partial charge in [-0.15, -0.1) is 0 Å². The normalized spacial score (nSPS) is 23.6. The highest BCUT2D eigenvalue weighted by Gasteiger charge is 2.25. The maximum atomic E-state index is 12.0. The van der Waals surface area contributed by atoms with E-state index in [9.17, 15) is 14.9 Å². The van der Waals surface area contributed by atoms with Gasteiger partial charge in [0.25, 0.3) is 5.91 Å². The molecule has 1 aromatic heterocycles. The molecule has 18 heavy (non-hydrogen) atoms. The third-order valence-corrected chi connectivity index (χ3v) is 5.13. The number of amides is 1. The van der Waals surface area contributed by atoms with Crippen LogP contribution >= 0.6 is 27.3 Å². The number of hydrogen-bond acceptors (Lipinski definition) is 4. The first-order chi connectivity index (χ1) is 8.58. The van der Waals surface area contributed by atoms with Crippen molar-refractivity contribution in [1.82, 2.24) is 5.32 Å². The van der Waals surface area contributed by atoms with Crippen LogP contribution in [0.4, 0.5) is 5.00 Å². The Balaban J connectivity index is 2.00. The molecule has 1 aliphatic rings. The minimum absolute atomic E-state index is 0.000753. The highest BCUT2D eigenvalue weighted by Crippen LogP contribution is 2.27. The Morgan fingerprint density at radius 1 is 1.44 bits per heavy atom. The number of nitrogens with zero attached hydrogens (tertiary/aromatic N) is 1. The fourth-order valence-corrected chi connectivity index (χ4v) is 3.48. The molecule has 1 amide bonds. The average Bonchev–Trinajstić information content (AvgIpc) is 2.81. The van der Waals surface area contributed by atoms with Gasteiger partial charge in [-0.25, -0.2) is 0 Å². The Morgan fingerprint density at radius 2 is 2.17 bits per heavy atom. The molecule has 0 bridgehead atoms. The van der Waals surface area contributed by atoms with Crippen LogP contribution in [0.1, 0.15) is 35.4 Å². The molecule has 1 heterocycles. The molecule has 0 aromatic carbocycles. The molecule has 0 spiro atoms. The summed E-state index contributed by atoms with van der Waals surface area (Å²) in [5.74, 6) is -0.218. The van der Waals surface area contributed by atoms with Gasteiger partial charge >= 0.3 is 5.00 Å². The second kappa shape index (κ2) is 5.79. The summed E-state index contributed by atoms with van der Waals surface area (Å²) >= 11 is 4.48. The number of thiophene rings is 1. The third-order valence-electron chi connectivity index (χ3n) is 2.99. The van der Waals surface area contributed by atoms with Crippen molar-refractivity contribution in [3.63, 3.8) is 0 Å². The molecule has 1 fully saturated rings. The second-order valence-corrected chi connectivity index (χ2v) is 6.51. The van der Waals surface area contributed by atoms with E-state index >= 15 is 0 Å². The van der Waals surface area contributed by atoms with E-state index in [0.717, 1.165) is 30.6 Å². The van der Waals surface area contributed by atoms with E-state index in [1.807, 2.05) is 0 Å². The predicted octanol–water partition coefficient (Wildman–Crippen LogP) is 3.09. The first kappa shape index (κ1) is 13.5. The fourth-order valence-electron chi connectivity index (χ4n) is 2.04. The van der Waals surface area contributed by atoms with Crippen molar-refractivity contribution in [2.75, 3.05) is 0 Å². The van der Waals surface area contributed by atoms with Gasteiger partial charge < -0.3 is 5.32 Å². The van der Waals surface area contributed by atoms with Crippen molar-refractivity contribution < 1.29 is 9.72 Å². The van der Waals surface area contributed by atoms with Crippen LogP contribution in [0.25, 0.3) is 0 Å². The van der Waals surface area contributed by atoms with Crippen molar-refractivity contribution in [3.8, 4) is 0 Å². The van der Waals surface area contributed by atoms with E-state index in [1.165, 1.54) is 18.6 Å². The van der Waals surface area contributed by atoms with Crippen LogP contribution in [-0.4, -0.2) is 21.7 Å². The van der Waals surface area contributed by atoms with E-state index in [-0.39, 0.29) is 17.0 Å². The molecule has 1 aliphatic carbocycles. The van der Waals surface area contributed by atoms with Crippen LogP contribution in [0.5, 0.6) is 0 Å². The SMILES string of the molecule is O=C(NC1CCCCC1Br)c1ccc([N+](=O)[O-])s1. The van der Waals surface area contributed by atoms with E-state index in [0.29, 0.717) is 9.70 Å². The van der Waals surface area contributed by atoms with Crippen molar-refractivity contribution in [3.05, 3.63) is 27.1 Å². The van der Waals surface area contributed by atoms with Gasteiger partial charge in [-0.05, 0) is 18.9 Å². The van der Waals surface area contributed by atoms with Gasteiger partial charge in [0.05, 0.1) is 9.80 Å². The molecule has 2 atom stereocenters. The summed E-state index contributed by atoms with van der Waals surface area (Å²) in [6.07, 6.45) is 4.29. The highest BCUT2D eigenvalue weighted by atomic mass is 79.9. The maximum absolute atomic E-state index is 12.0. The summed E-state index contributed by atoms with van der Waals surface area (Å²) in [5, 5.41) is 13.5. The van der Waals surface area contributed by atoms with Crippen LogP contribution < -0.4 is 5.32 Å². The number of carbonyl (C=O) groups is 1. The Morgan fingerprint density at radius 3 is 2.78 bits per heavy atom. The number of hydrogen-bond donors (Lipinski definition) is 1. The lowest BCUT2D eigenvalue weighted by molar-refractivity contribution is -0.380. The first-order valence-corrected chi connectivity index (χ1v) is 7.50. The number of halogens is 1. The molecule has 5 nitrogen and oxygen atoms in total. The minimum Gasteiger partial charge on any atom is -0.347 e. The summed E-state index contributed by atoms with van der Waals surface area (Å²) in [5.41, 5.74) is 0. The molecule has 0 aliphatic heterocycles. The van der Waals surface area contributed by atoms with Crippen LogP contribution in [0.3, 0.4) is 0 Å². The zero-order valence-electron chi connectivity index (χ0n) is 9.60. The molecule has 0 radical (unpaired) electrons. The lowest BCUT2D eigenvalue weighted by Crippen LogP contribution is -2.42.